The number of fused-ring (bicyclic) bond motifs is 2. The summed E-state index contributed by atoms with van der Waals surface area (Å²) in [6.07, 6.45) is 6.33. The van der Waals surface area contributed by atoms with Gasteiger partial charge in [0.1, 0.15) is 0 Å². The molecular weight excluding hydrogens is 426 g/mol. The summed E-state index contributed by atoms with van der Waals surface area (Å²) in [5.41, 5.74) is 6.88. The summed E-state index contributed by atoms with van der Waals surface area (Å²) in [4.78, 5) is 23.6. The number of benzene rings is 1. The van der Waals surface area contributed by atoms with Crippen LogP contribution in [0.4, 0.5) is 10.5 Å². The van der Waals surface area contributed by atoms with Gasteiger partial charge in [0.05, 0.1) is 18.3 Å². The van der Waals surface area contributed by atoms with Gasteiger partial charge in [-0.15, -0.1) is 0 Å². The van der Waals surface area contributed by atoms with Crippen LogP contribution in [0.15, 0.2) is 36.5 Å². The van der Waals surface area contributed by atoms with E-state index < -0.39 is 0 Å². The first kappa shape index (κ1) is 23.1. The molecule has 34 heavy (non-hydrogen) atoms. The SMILES string of the molecule is CCOC(=O)N1CCN(c2cccc3c2C[C@H](CN(C)[C@H]2CCCc4cccnc42)NC3)CC1. The highest BCUT2D eigenvalue weighted by Gasteiger charge is 2.30. The third kappa shape index (κ3) is 4.77. The fraction of sp³-hybridized carbons (Fsp3) is 0.556. The second-order valence-electron chi connectivity index (χ2n) is 9.77. The van der Waals surface area contributed by atoms with E-state index in [0.29, 0.717) is 31.8 Å². The number of anilines is 1. The fourth-order valence-electron chi connectivity index (χ4n) is 5.85. The van der Waals surface area contributed by atoms with Crippen molar-refractivity contribution in [3.8, 4) is 0 Å². The Kier molecular flexibility index (Phi) is 7.02. The highest BCUT2D eigenvalue weighted by molar-refractivity contribution is 5.68. The van der Waals surface area contributed by atoms with E-state index in [9.17, 15) is 4.79 Å². The molecule has 0 spiro atoms. The molecule has 0 radical (unpaired) electrons. The van der Waals surface area contributed by atoms with Gasteiger partial charge in [-0.2, -0.15) is 0 Å². The second-order valence-corrected chi connectivity index (χ2v) is 9.77. The van der Waals surface area contributed by atoms with E-state index in [1.54, 1.807) is 0 Å². The molecule has 2 aliphatic heterocycles. The number of pyridine rings is 1. The zero-order valence-corrected chi connectivity index (χ0v) is 20.5. The van der Waals surface area contributed by atoms with Gasteiger partial charge in [-0.05, 0) is 68.5 Å². The van der Waals surface area contributed by atoms with E-state index in [0.717, 1.165) is 39.0 Å². The number of nitrogens with zero attached hydrogens (tertiary/aromatic N) is 4. The van der Waals surface area contributed by atoms with Crippen molar-refractivity contribution in [2.45, 2.75) is 51.2 Å². The van der Waals surface area contributed by atoms with Crippen LogP contribution in [-0.2, 0) is 24.1 Å². The van der Waals surface area contributed by atoms with Crippen LogP contribution in [-0.4, -0.2) is 73.3 Å². The first-order valence-corrected chi connectivity index (χ1v) is 12.8. The molecule has 1 saturated heterocycles. The highest BCUT2D eigenvalue weighted by Crippen LogP contribution is 2.33. The molecule has 2 atom stereocenters. The molecule has 0 unspecified atom stereocenters. The molecular formula is C27H37N5O2. The number of carbonyl (C=O) groups excluding carboxylic acids is 1. The molecule has 1 aromatic heterocycles. The number of rotatable bonds is 5. The van der Waals surface area contributed by atoms with Crippen molar-refractivity contribution in [1.29, 1.82) is 0 Å². The van der Waals surface area contributed by atoms with E-state index in [-0.39, 0.29) is 6.09 Å². The highest BCUT2D eigenvalue weighted by atomic mass is 16.6. The fourth-order valence-corrected chi connectivity index (χ4v) is 5.85. The average molecular weight is 464 g/mol. The Balaban J connectivity index is 1.25. The molecule has 0 saturated carbocycles. The smallest absolute Gasteiger partial charge is 0.409 e. The summed E-state index contributed by atoms with van der Waals surface area (Å²) < 4.78 is 5.19. The molecule has 1 N–H and O–H groups in total. The van der Waals surface area contributed by atoms with Crippen LogP contribution < -0.4 is 10.2 Å². The van der Waals surface area contributed by atoms with Gasteiger partial charge in [0.15, 0.2) is 0 Å². The minimum Gasteiger partial charge on any atom is -0.450 e. The maximum atomic E-state index is 12.1. The molecule has 3 heterocycles. The van der Waals surface area contributed by atoms with Crippen molar-refractivity contribution in [3.05, 3.63) is 58.9 Å². The number of aromatic nitrogens is 1. The zero-order valence-electron chi connectivity index (χ0n) is 20.5. The van der Waals surface area contributed by atoms with Crippen molar-refractivity contribution >= 4 is 11.8 Å². The first-order valence-electron chi connectivity index (χ1n) is 12.8. The number of amides is 1. The van der Waals surface area contributed by atoms with E-state index in [1.165, 1.54) is 40.9 Å². The number of likely N-dealkylation sites (N-methyl/N-ethyl adjacent to an activating group) is 1. The molecule has 1 amide bonds. The standard InChI is InChI=1S/C27H37N5O2/c1-3-34-27(33)32-15-13-31(14-16-32)24-10-5-8-21-18-29-22(17-23(21)24)19-30(2)25-11-4-7-20-9-6-12-28-26(20)25/h5-6,8-10,12,22,25,29H,3-4,7,11,13-19H2,1-2H3/t22-,25+/m1/s1. The normalized spacial score (nSPS) is 22.3. The van der Waals surface area contributed by atoms with Crippen molar-refractivity contribution in [1.82, 2.24) is 20.1 Å². The van der Waals surface area contributed by atoms with Gasteiger partial charge in [0.2, 0.25) is 0 Å². The molecule has 1 aromatic carbocycles. The Bertz CT molecular complexity index is 1000. The van der Waals surface area contributed by atoms with Crippen LogP contribution in [0.1, 0.15) is 48.2 Å². The number of hydrogen-bond acceptors (Lipinski definition) is 6. The van der Waals surface area contributed by atoms with Crippen molar-refractivity contribution < 1.29 is 9.53 Å². The summed E-state index contributed by atoms with van der Waals surface area (Å²) in [6.45, 7) is 7.30. The third-order valence-corrected chi connectivity index (χ3v) is 7.63. The number of nitrogens with one attached hydrogen (secondary N) is 1. The van der Waals surface area contributed by atoms with Crippen molar-refractivity contribution in [2.75, 3.05) is 51.3 Å². The Morgan fingerprint density at radius 2 is 2.00 bits per heavy atom. The van der Waals surface area contributed by atoms with Gasteiger partial charge in [0, 0.05) is 57.2 Å². The molecule has 3 aliphatic rings. The maximum Gasteiger partial charge on any atom is 0.409 e. The average Bonchev–Trinajstić information content (AvgIpc) is 2.88. The maximum absolute atomic E-state index is 12.1. The lowest BCUT2D eigenvalue weighted by molar-refractivity contribution is 0.105. The lowest BCUT2D eigenvalue weighted by Crippen LogP contribution is -2.50. The largest absolute Gasteiger partial charge is 0.450 e. The van der Waals surface area contributed by atoms with Crippen LogP contribution in [0.3, 0.4) is 0 Å². The Morgan fingerprint density at radius 3 is 2.82 bits per heavy atom. The van der Waals surface area contributed by atoms with Crippen molar-refractivity contribution in [2.24, 2.45) is 0 Å². The number of carbonyl (C=O) groups is 1. The Morgan fingerprint density at radius 1 is 1.18 bits per heavy atom. The van der Waals surface area contributed by atoms with Gasteiger partial charge in [-0.25, -0.2) is 4.79 Å². The second kappa shape index (κ2) is 10.3. The topological polar surface area (TPSA) is 60.9 Å². The summed E-state index contributed by atoms with van der Waals surface area (Å²) >= 11 is 0. The van der Waals surface area contributed by atoms with E-state index in [4.69, 9.17) is 9.72 Å². The number of ether oxygens (including phenoxy) is 1. The molecule has 0 bridgehead atoms. The molecule has 1 fully saturated rings. The van der Waals surface area contributed by atoms with E-state index in [1.807, 2.05) is 18.0 Å². The van der Waals surface area contributed by atoms with Gasteiger partial charge in [0.25, 0.3) is 0 Å². The van der Waals surface area contributed by atoms with Gasteiger partial charge < -0.3 is 19.9 Å². The van der Waals surface area contributed by atoms with Gasteiger partial charge in [-0.3, -0.25) is 9.88 Å². The molecule has 2 aromatic rings. The van der Waals surface area contributed by atoms with Gasteiger partial charge >= 0.3 is 6.09 Å². The van der Waals surface area contributed by atoms with Crippen LogP contribution in [0.25, 0.3) is 0 Å². The lowest BCUT2D eigenvalue weighted by Gasteiger charge is -2.39. The minimum atomic E-state index is -0.191. The summed E-state index contributed by atoms with van der Waals surface area (Å²) in [6, 6.07) is 11.8. The molecule has 7 nitrogen and oxygen atoms in total. The lowest BCUT2D eigenvalue weighted by atomic mass is 9.89. The third-order valence-electron chi connectivity index (χ3n) is 7.63. The summed E-state index contributed by atoms with van der Waals surface area (Å²) in [5.74, 6) is 0. The van der Waals surface area contributed by atoms with Crippen LogP contribution in [0.5, 0.6) is 0 Å². The van der Waals surface area contributed by atoms with Crippen molar-refractivity contribution in [3.63, 3.8) is 0 Å². The monoisotopic (exact) mass is 463 g/mol. The molecule has 5 rings (SSSR count). The molecule has 182 valence electrons. The molecule has 1 aliphatic carbocycles. The van der Waals surface area contributed by atoms with Crippen LogP contribution >= 0.6 is 0 Å². The quantitative estimate of drug-likeness (QED) is 0.734. The first-order chi connectivity index (χ1) is 16.6. The number of piperazine rings is 1. The van der Waals surface area contributed by atoms with Crippen LogP contribution in [0.2, 0.25) is 0 Å². The predicted octanol–water partition coefficient (Wildman–Crippen LogP) is 3.38. The zero-order chi connectivity index (χ0) is 23.5. The number of hydrogen-bond donors (Lipinski definition) is 1. The number of aryl methyl sites for hydroxylation is 1. The predicted molar refractivity (Wildman–Crippen MR) is 134 cm³/mol. The van der Waals surface area contributed by atoms with E-state index >= 15 is 0 Å². The molecule has 7 heteroatoms. The van der Waals surface area contributed by atoms with Gasteiger partial charge in [-0.1, -0.05) is 18.2 Å². The Labute approximate surface area is 203 Å². The van der Waals surface area contributed by atoms with E-state index in [2.05, 4.69) is 52.5 Å². The summed E-state index contributed by atoms with van der Waals surface area (Å²) in [7, 11) is 2.26. The van der Waals surface area contributed by atoms with Crippen LogP contribution in [0, 0.1) is 0 Å². The Hall–Kier alpha value is -2.64. The summed E-state index contributed by atoms with van der Waals surface area (Å²) in [5, 5.41) is 3.79. The minimum absolute atomic E-state index is 0.191.